The van der Waals surface area contributed by atoms with Crippen molar-refractivity contribution in [2.24, 2.45) is 0 Å². The Morgan fingerprint density at radius 3 is 1.57 bits per heavy atom. The Hall–Kier alpha value is -1.04. The van der Waals surface area contributed by atoms with Gasteiger partial charge in [0.15, 0.2) is 0 Å². The molecule has 2 atom stereocenters. The Bertz CT molecular complexity index is 221. The molecule has 0 radical (unpaired) electrons. The van der Waals surface area contributed by atoms with Crippen LogP contribution in [0.2, 0.25) is 0 Å². The van der Waals surface area contributed by atoms with Crippen molar-refractivity contribution in [1.29, 1.82) is 0 Å². The number of ether oxygens (including phenoxy) is 5. The number of rotatable bonds is 16. The third-order valence-corrected chi connectivity index (χ3v) is 2.61. The molecule has 0 aromatic rings. The third-order valence-electron chi connectivity index (χ3n) is 2.61. The van der Waals surface area contributed by atoms with E-state index < -0.39 is 12.6 Å². The maximum Gasteiger partial charge on any atom is 0.222 e. The van der Waals surface area contributed by atoms with E-state index in [1.807, 2.05) is 0 Å². The summed E-state index contributed by atoms with van der Waals surface area (Å²) in [5.74, 6) is 0. The lowest BCUT2D eigenvalue weighted by Gasteiger charge is -2.20. The lowest BCUT2D eigenvalue weighted by Crippen LogP contribution is -2.27. The Kier molecular flexibility index (Phi) is 14.6. The van der Waals surface area contributed by atoms with Crippen molar-refractivity contribution in [3.63, 3.8) is 0 Å². The highest BCUT2D eigenvalue weighted by Crippen LogP contribution is 2.03. The van der Waals surface area contributed by atoms with Crippen LogP contribution in [0.1, 0.15) is 39.5 Å². The van der Waals surface area contributed by atoms with Gasteiger partial charge in [-0.15, -0.1) is 0 Å². The molecule has 21 heavy (non-hydrogen) atoms. The van der Waals surface area contributed by atoms with E-state index in [4.69, 9.17) is 23.7 Å². The molecular weight excluding hydrogens is 272 g/mol. The van der Waals surface area contributed by atoms with Gasteiger partial charge in [0.05, 0.1) is 25.7 Å². The molecule has 5 heteroatoms. The molecule has 0 amide bonds. The monoisotopic (exact) mass is 302 g/mol. The molecule has 0 aromatic heterocycles. The van der Waals surface area contributed by atoms with Crippen LogP contribution in [0.5, 0.6) is 0 Å². The fourth-order valence-electron chi connectivity index (χ4n) is 1.45. The zero-order valence-corrected chi connectivity index (χ0v) is 13.4. The van der Waals surface area contributed by atoms with Crippen LogP contribution in [0, 0.1) is 0 Å². The summed E-state index contributed by atoms with van der Waals surface area (Å²) >= 11 is 0. The summed E-state index contributed by atoms with van der Waals surface area (Å²) < 4.78 is 27.1. The van der Waals surface area contributed by atoms with Crippen molar-refractivity contribution >= 4 is 0 Å². The van der Waals surface area contributed by atoms with Crippen molar-refractivity contribution in [2.75, 3.05) is 26.4 Å². The second kappa shape index (κ2) is 15.4. The Labute approximate surface area is 128 Å². The minimum atomic E-state index is -0.450. The topological polar surface area (TPSA) is 46.2 Å². The van der Waals surface area contributed by atoms with Gasteiger partial charge >= 0.3 is 0 Å². The molecule has 0 spiro atoms. The molecule has 124 valence electrons. The average molecular weight is 302 g/mol. The van der Waals surface area contributed by atoms with Gasteiger partial charge in [0.2, 0.25) is 12.6 Å². The normalized spacial score (nSPS) is 13.4. The molecule has 0 bridgehead atoms. The second-order valence-electron chi connectivity index (χ2n) is 4.45. The van der Waals surface area contributed by atoms with Gasteiger partial charge in [-0.25, -0.2) is 0 Å². The maximum absolute atomic E-state index is 5.54. The van der Waals surface area contributed by atoms with E-state index in [1.165, 1.54) is 12.5 Å². The average Bonchev–Trinajstić information content (AvgIpc) is 2.47. The maximum atomic E-state index is 5.54. The molecule has 0 aliphatic carbocycles. The first-order valence-electron chi connectivity index (χ1n) is 7.62. The Morgan fingerprint density at radius 1 is 0.810 bits per heavy atom. The van der Waals surface area contributed by atoms with Gasteiger partial charge in [-0.2, -0.15) is 0 Å². The summed E-state index contributed by atoms with van der Waals surface area (Å²) in [5, 5.41) is 0. The summed E-state index contributed by atoms with van der Waals surface area (Å²) in [6.07, 6.45) is 5.93. The fourth-order valence-corrected chi connectivity index (χ4v) is 1.45. The molecule has 0 aromatic carbocycles. The predicted octanol–water partition coefficient (Wildman–Crippen LogP) is 3.61. The van der Waals surface area contributed by atoms with E-state index in [9.17, 15) is 0 Å². The molecule has 0 aliphatic rings. The SMILES string of the molecule is C=COC(COCC(OC=C)OCCCC)OCCCC. The minimum absolute atomic E-state index is 0.296. The molecule has 0 saturated carbocycles. The van der Waals surface area contributed by atoms with Crippen LogP contribution in [-0.4, -0.2) is 39.0 Å². The van der Waals surface area contributed by atoms with E-state index in [0.717, 1.165) is 25.7 Å². The predicted molar refractivity (Wildman–Crippen MR) is 82.7 cm³/mol. The first kappa shape index (κ1) is 20.0. The zero-order valence-electron chi connectivity index (χ0n) is 13.4. The molecule has 0 aliphatic heterocycles. The minimum Gasteiger partial charge on any atom is -0.471 e. The zero-order chi connectivity index (χ0) is 15.8. The molecule has 0 rings (SSSR count). The van der Waals surface area contributed by atoms with E-state index in [1.54, 1.807) is 0 Å². The van der Waals surface area contributed by atoms with Gasteiger partial charge in [0.1, 0.15) is 13.2 Å². The molecule has 0 fully saturated rings. The first-order chi connectivity index (χ1) is 10.3. The van der Waals surface area contributed by atoms with Crippen molar-refractivity contribution < 1.29 is 23.7 Å². The molecule has 5 nitrogen and oxygen atoms in total. The molecule has 0 N–H and O–H groups in total. The molecule has 0 saturated heterocycles. The van der Waals surface area contributed by atoms with Crippen LogP contribution in [0.25, 0.3) is 0 Å². The highest BCUT2D eigenvalue weighted by atomic mass is 16.7. The summed E-state index contributed by atoms with van der Waals surface area (Å²) in [6.45, 7) is 13.1. The standard InChI is InChI=1S/C16H30O5/c1-5-9-11-20-15(18-7-3)13-17-14-16(19-8-4)21-12-10-6-2/h7-8,15-16H,3-6,9-14H2,1-2H3. The molecule has 2 unspecified atom stereocenters. The Balaban J connectivity index is 3.93. The van der Waals surface area contributed by atoms with Crippen LogP contribution in [-0.2, 0) is 23.7 Å². The van der Waals surface area contributed by atoms with Crippen LogP contribution < -0.4 is 0 Å². The summed E-state index contributed by atoms with van der Waals surface area (Å²) in [6, 6.07) is 0. The van der Waals surface area contributed by atoms with Crippen molar-refractivity contribution in [1.82, 2.24) is 0 Å². The highest BCUT2D eigenvalue weighted by molar-refractivity contribution is 4.56. The van der Waals surface area contributed by atoms with Gasteiger partial charge in [0.25, 0.3) is 0 Å². The van der Waals surface area contributed by atoms with E-state index in [-0.39, 0.29) is 0 Å². The fraction of sp³-hybridized carbons (Fsp3) is 0.750. The van der Waals surface area contributed by atoms with E-state index in [2.05, 4.69) is 27.0 Å². The van der Waals surface area contributed by atoms with E-state index in [0.29, 0.717) is 26.4 Å². The van der Waals surface area contributed by atoms with Gasteiger partial charge in [-0.3, -0.25) is 0 Å². The van der Waals surface area contributed by atoms with Gasteiger partial charge in [0, 0.05) is 0 Å². The lowest BCUT2D eigenvalue weighted by atomic mass is 10.4. The van der Waals surface area contributed by atoms with Crippen LogP contribution in [0.15, 0.2) is 25.7 Å². The Morgan fingerprint density at radius 2 is 1.24 bits per heavy atom. The lowest BCUT2D eigenvalue weighted by molar-refractivity contribution is -0.180. The third kappa shape index (κ3) is 12.4. The first-order valence-corrected chi connectivity index (χ1v) is 7.62. The smallest absolute Gasteiger partial charge is 0.222 e. The number of unbranched alkanes of at least 4 members (excludes halogenated alkanes) is 2. The molecular formula is C16H30O5. The highest BCUT2D eigenvalue weighted by Gasteiger charge is 2.13. The summed E-state index contributed by atoms with van der Waals surface area (Å²) in [4.78, 5) is 0. The quantitative estimate of drug-likeness (QED) is 0.248. The van der Waals surface area contributed by atoms with Gasteiger partial charge in [-0.1, -0.05) is 39.8 Å². The second-order valence-corrected chi connectivity index (χ2v) is 4.45. The van der Waals surface area contributed by atoms with Crippen LogP contribution in [0.4, 0.5) is 0 Å². The van der Waals surface area contributed by atoms with Crippen LogP contribution in [0.3, 0.4) is 0 Å². The van der Waals surface area contributed by atoms with Gasteiger partial charge in [-0.05, 0) is 12.8 Å². The van der Waals surface area contributed by atoms with Crippen LogP contribution >= 0.6 is 0 Å². The van der Waals surface area contributed by atoms with Crippen molar-refractivity contribution in [2.45, 2.75) is 52.1 Å². The molecule has 0 heterocycles. The number of hydrogen-bond acceptors (Lipinski definition) is 5. The summed E-state index contributed by atoms with van der Waals surface area (Å²) in [5.41, 5.74) is 0. The number of hydrogen-bond donors (Lipinski definition) is 0. The summed E-state index contributed by atoms with van der Waals surface area (Å²) in [7, 11) is 0. The van der Waals surface area contributed by atoms with Gasteiger partial charge < -0.3 is 23.7 Å². The van der Waals surface area contributed by atoms with E-state index >= 15 is 0 Å². The van der Waals surface area contributed by atoms with Crippen molar-refractivity contribution in [3.8, 4) is 0 Å². The van der Waals surface area contributed by atoms with Crippen molar-refractivity contribution in [3.05, 3.63) is 25.7 Å². The largest absolute Gasteiger partial charge is 0.471 e.